The Morgan fingerprint density at radius 3 is 2.82 bits per heavy atom. The number of nitrogens with zero attached hydrogens (tertiary/aromatic N) is 3. The first-order valence-corrected chi connectivity index (χ1v) is 11.0. The van der Waals surface area contributed by atoms with Gasteiger partial charge >= 0.3 is 0 Å². The van der Waals surface area contributed by atoms with Crippen LogP contribution in [0.25, 0.3) is 11.0 Å². The average molecular weight is 457 g/mol. The number of hydrogen-bond donors (Lipinski definition) is 3. The Labute approximate surface area is 192 Å². The number of nitrogens with one attached hydrogen (secondary N) is 1. The van der Waals surface area contributed by atoms with Crippen molar-refractivity contribution >= 4 is 11.0 Å². The van der Waals surface area contributed by atoms with E-state index >= 15 is 0 Å². The Morgan fingerprint density at radius 1 is 1.21 bits per heavy atom. The van der Waals surface area contributed by atoms with Crippen molar-refractivity contribution in [1.29, 1.82) is 0 Å². The molecule has 2 aromatic heterocycles. The third-order valence-electron chi connectivity index (χ3n) is 5.91. The number of halogens is 1. The standard InChI is InChI=1S/C24H29FN4O4/c1-32-22-8-7-20-23(28-22)18(19(25)12-26-20)9-10-29-13-17(21(30)14-29)11-27-24(31)33-15-16-5-3-2-4-6-16/h2-8,12,17,21,24,27,30-31H,9-11,13-15H2,1H3/t17-,21+,24?/m0/s1. The minimum atomic E-state index is -1.12. The van der Waals surface area contributed by atoms with Gasteiger partial charge in [-0.25, -0.2) is 9.37 Å². The summed E-state index contributed by atoms with van der Waals surface area (Å²) in [5, 5.41) is 23.4. The molecule has 4 rings (SSSR count). The second-order valence-corrected chi connectivity index (χ2v) is 8.20. The normalized spacial score (nSPS) is 19.8. The van der Waals surface area contributed by atoms with Crippen molar-refractivity contribution in [2.75, 3.05) is 33.3 Å². The second kappa shape index (κ2) is 11.0. The first-order chi connectivity index (χ1) is 16.0. The van der Waals surface area contributed by atoms with Crippen LogP contribution in [0.5, 0.6) is 5.88 Å². The molecule has 0 aliphatic carbocycles. The summed E-state index contributed by atoms with van der Waals surface area (Å²) in [6.07, 6.45) is -0.0181. The van der Waals surface area contributed by atoms with Crippen LogP contribution in [-0.2, 0) is 17.8 Å². The number of hydrogen-bond acceptors (Lipinski definition) is 8. The zero-order chi connectivity index (χ0) is 23.2. The molecule has 0 spiro atoms. The van der Waals surface area contributed by atoms with Crippen molar-refractivity contribution < 1.29 is 24.1 Å². The minimum Gasteiger partial charge on any atom is -0.481 e. The maximum Gasteiger partial charge on any atom is 0.213 e. The van der Waals surface area contributed by atoms with Crippen molar-refractivity contribution in [3.05, 3.63) is 65.6 Å². The Balaban J connectivity index is 1.28. The van der Waals surface area contributed by atoms with E-state index in [2.05, 4.69) is 20.2 Å². The van der Waals surface area contributed by atoms with Gasteiger partial charge in [0.25, 0.3) is 0 Å². The third-order valence-corrected chi connectivity index (χ3v) is 5.91. The monoisotopic (exact) mass is 456 g/mol. The van der Waals surface area contributed by atoms with Gasteiger partial charge in [0.05, 0.1) is 37.1 Å². The summed E-state index contributed by atoms with van der Waals surface area (Å²) < 4.78 is 25.1. The van der Waals surface area contributed by atoms with Crippen LogP contribution in [0.2, 0.25) is 0 Å². The zero-order valence-electron chi connectivity index (χ0n) is 18.5. The van der Waals surface area contributed by atoms with E-state index in [1.54, 1.807) is 12.1 Å². The smallest absolute Gasteiger partial charge is 0.213 e. The van der Waals surface area contributed by atoms with E-state index in [9.17, 15) is 14.6 Å². The van der Waals surface area contributed by atoms with Gasteiger partial charge in [-0.3, -0.25) is 10.3 Å². The van der Waals surface area contributed by atoms with Gasteiger partial charge in [0.15, 0.2) is 0 Å². The van der Waals surface area contributed by atoms with Crippen molar-refractivity contribution in [2.45, 2.75) is 25.5 Å². The highest BCUT2D eigenvalue weighted by molar-refractivity contribution is 5.78. The van der Waals surface area contributed by atoms with E-state index in [1.807, 2.05) is 30.3 Å². The maximum absolute atomic E-state index is 14.5. The Bertz CT molecular complexity index is 1060. The van der Waals surface area contributed by atoms with Gasteiger partial charge in [-0.15, -0.1) is 0 Å². The lowest BCUT2D eigenvalue weighted by Gasteiger charge is -2.19. The largest absolute Gasteiger partial charge is 0.481 e. The zero-order valence-corrected chi connectivity index (χ0v) is 18.5. The van der Waals surface area contributed by atoms with E-state index in [4.69, 9.17) is 9.47 Å². The molecule has 3 heterocycles. The van der Waals surface area contributed by atoms with E-state index < -0.39 is 18.3 Å². The summed E-state index contributed by atoms with van der Waals surface area (Å²) in [4.78, 5) is 10.6. The van der Waals surface area contributed by atoms with Crippen LogP contribution in [0.3, 0.4) is 0 Å². The highest BCUT2D eigenvalue weighted by Crippen LogP contribution is 2.23. The number of rotatable bonds is 10. The van der Waals surface area contributed by atoms with E-state index in [-0.39, 0.29) is 5.92 Å². The fraction of sp³-hybridized carbons (Fsp3) is 0.417. The number of ether oxygens (including phenoxy) is 2. The lowest BCUT2D eigenvalue weighted by atomic mass is 10.1. The summed E-state index contributed by atoms with van der Waals surface area (Å²) in [6.45, 7) is 2.36. The molecule has 9 heteroatoms. The molecule has 1 fully saturated rings. The predicted octanol–water partition coefficient (Wildman–Crippen LogP) is 1.69. The summed E-state index contributed by atoms with van der Waals surface area (Å²) in [7, 11) is 1.52. The molecule has 0 radical (unpaired) electrons. The first-order valence-electron chi connectivity index (χ1n) is 11.0. The Hall–Kier alpha value is -2.69. The van der Waals surface area contributed by atoms with E-state index in [0.717, 1.165) is 5.56 Å². The molecule has 0 bridgehead atoms. The predicted molar refractivity (Wildman–Crippen MR) is 121 cm³/mol. The van der Waals surface area contributed by atoms with E-state index in [0.29, 0.717) is 61.7 Å². The molecule has 33 heavy (non-hydrogen) atoms. The minimum absolute atomic E-state index is 0.0720. The van der Waals surface area contributed by atoms with Gasteiger partial charge in [-0.2, -0.15) is 0 Å². The highest BCUT2D eigenvalue weighted by Gasteiger charge is 2.31. The van der Waals surface area contributed by atoms with Crippen LogP contribution < -0.4 is 10.1 Å². The number of likely N-dealkylation sites (tertiary alicyclic amines) is 1. The SMILES string of the molecule is COc1ccc2ncc(F)c(CCN3C[C@H](CNC(O)OCc4ccccc4)[C@H](O)C3)c2n1. The van der Waals surface area contributed by atoms with Gasteiger partial charge in [-0.05, 0) is 18.1 Å². The molecule has 0 amide bonds. The van der Waals surface area contributed by atoms with Gasteiger partial charge in [-0.1, -0.05) is 30.3 Å². The summed E-state index contributed by atoms with van der Waals surface area (Å²) >= 11 is 0. The molecule has 8 nitrogen and oxygen atoms in total. The number of aromatic nitrogens is 2. The third kappa shape index (κ3) is 6.01. The fourth-order valence-corrected chi connectivity index (χ4v) is 4.08. The number of aliphatic hydroxyl groups is 2. The fourth-order valence-electron chi connectivity index (χ4n) is 4.08. The molecular formula is C24H29FN4O4. The number of benzene rings is 1. The summed E-state index contributed by atoms with van der Waals surface area (Å²) in [6, 6.07) is 13.0. The van der Waals surface area contributed by atoms with Crippen LogP contribution in [0, 0.1) is 11.7 Å². The van der Waals surface area contributed by atoms with Crippen LogP contribution in [-0.4, -0.2) is 70.9 Å². The molecule has 1 aromatic carbocycles. The van der Waals surface area contributed by atoms with Crippen molar-refractivity contribution in [2.24, 2.45) is 5.92 Å². The average Bonchev–Trinajstić information content (AvgIpc) is 3.20. The summed E-state index contributed by atoms with van der Waals surface area (Å²) in [5.74, 6) is -0.0657. The lowest BCUT2D eigenvalue weighted by Crippen LogP contribution is -2.38. The van der Waals surface area contributed by atoms with Gasteiger partial charge in [0, 0.05) is 43.7 Å². The molecule has 1 saturated heterocycles. The molecule has 0 saturated carbocycles. The van der Waals surface area contributed by atoms with Crippen LogP contribution in [0.1, 0.15) is 11.1 Å². The maximum atomic E-state index is 14.5. The van der Waals surface area contributed by atoms with Gasteiger partial charge in [0.1, 0.15) is 5.82 Å². The molecule has 1 aliphatic rings. The summed E-state index contributed by atoms with van der Waals surface area (Å²) in [5.41, 5.74) is 2.55. The number of β-amino-alcohol motifs (C(OH)–C–C–N with tert-alkyl or cyclic N) is 1. The molecule has 176 valence electrons. The van der Waals surface area contributed by atoms with Gasteiger partial charge in [0.2, 0.25) is 12.3 Å². The molecule has 3 aromatic rings. The number of aliphatic hydroxyl groups excluding tert-OH is 2. The Kier molecular flexibility index (Phi) is 7.79. The molecule has 1 aliphatic heterocycles. The van der Waals surface area contributed by atoms with Crippen LogP contribution >= 0.6 is 0 Å². The van der Waals surface area contributed by atoms with Crippen molar-refractivity contribution in [1.82, 2.24) is 20.2 Å². The quantitative estimate of drug-likeness (QED) is 0.397. The second-order valence-electron chi connectivity index (χ2n) is 8.20. The number of methoxy groups -OCH3 is 1. The Morgan fingerprint density at radius 2 is 2.03 bits per heavy atom. The highest BCUT2D eigenvalue weighted by atomic mass is 19.1. The number of fused-ring (bicyclic) bond motifs is 1. The molecule has 3 N–H and O–H groups in total. The van der Waals surface area contributed by atoms with E-state index in [1.165, 1.54) is 13.3 Å². The first kappa shape index (κ1) is 23.5. The van der Waals surface area contributed by atoms with Crippen LogP contribution in [0.4, 0.5) is 4.39 Å². The molecular weight excluding hydrogens is 427 g/mol. The number of pyridine rings is 2. The lowest BCUT2D eigenvalue weighted by molar-refractivity contribution is -0.130. The van der Waals surface area contributed by atoms with Crippen molar-refractivity contribution in [3.8, 4) is 5.88 Å². The molecule has 1 unspecified atom stereocenters. The molecule has 3 atom stereocenters. The van der Waals surface area contributed by atoms with Crippen LogP contribution in [0.15, 0.2) is 48.7 Å². The van der Waals surface area contributed by atoms with Gasteiger partial charge < -0.3 is 24.6 Å². The topological polar surface area (TPSA) is 100.0 Å². The van der Waals surface area contributed by atoms with Crippen molar-refractivity contribution in [3.63, 3.8) is 0 Å².